The molecule has 102 valence electrons. The van der Waals surface area contributed by atoms with Crippen LogP contribution in [0.4, 0.5) is 11.4 Å². The average Bonchev–Trinajstić information content (AvgIpc) is 2.60. The van der Waals surface area contributed by atoms with Crippen LogP contribution in [0.25, 0.3) is 0 Å². The van der Waals surface area contributed by atoms with Gasteiger partial charge in [-0.3, -0.25) is 20.2 Å². The first-order valence-corrected chi connectivity index (χ1v) is 5.78. The van der Waals surface area contributed by atoms with Crippen LogP contribution in [-0.2, 0) is 12.8 Å². The molecular weight excluding hydrogens is 254 g/mol. The largest absolute Gasteiger partial charge is 0.485 e. The minimum absolute atomic E-state index is 0.268. The highest BCUT2D eigenvalue weighted by Crippen LogP contribution is 2.42. The van der Waals surface area contributed by atoms with Crippen LogP contribution in [0.3, 0.4) is 0 Å². The molecule has 2 rings (SSSR count). The Morgan fingerprint density at radius 3 is 2.47 bits per heavy atom. The van der Waals surface area contributed by atoms with E-state index in [0.29, 0.717) is 37.1 Å². The maximum atomic E-state index is 11.2. The van der Waals surface area contributed by atoms with E-state index in [4.69, 9.17) is 4.74 Å². The van der Waals surface area contributed by atoms with Crippen molar-refractivity contribution < 1.29 is 14.6 Å². The van der Waals surface area contributed by atoms with Crippen LogP contribution in [-0.4, -0.2) is 30.0 Å². The quantitative estimate of drug-likeness (QED) is 0.651. The van der Waals surface area contributed by atoms with Crippen molar-refractivity contribution in [3.05, 3.63) is 37.4 Å². The number of methoxy groups -OCH3 is 1. The number of nitrogens with zero attached hydrogens (tertiary/aromatic N) is 2. The monoisotopic (exact) mass is 267 g/mol. The van der Waals surface area contributed by atoms with Gasteiger partial charge in [-0.15, -0.1) is 0 Å². The lowest BCUT2D eigenvalue weighted by atomic mass is 9.99. The van der Waals surface area contributed by atoms with Gasteiger partial charge in [-0.05, 0) is 31.5 Å². The van der Waals surface area contributed by atoms with E-state index in [2.05, 4.69) is 5.32 Å². The lowest BCUT2D eigenvalue weighted by Gasteiger charge is -2.10. The molecule has 8 nitrogen and oxygen atoms in total. The standard InChI is InChI=1S/C11H13N3O5/c1-19-11-9(13(15)16)6-7-2-4-12-5-3-8(7)10(11)14(17)18/h6,12H,2-5H2,1H3. The number of hydrogen-bond acceptors (Lipinski definition) is 6. The van der Waals surface area contributed by atoms with E-state index >= 15 is 0 Å². The Morgan fingerprint density at radius 1 is 1.21 bits per heavy atom. The smallest absolute Gasteiger partial charge is 0.321 e. The number of hydrogen-bond donors (Lipinski definition) is 1. The molecule has 1 aromatic carbocycles. The van der Waals surface area contributed by atoms with Crippen LogP contribution in [0.2, 0.25) is 0 Å². The first-order valence-electron chi connectivity index (χ1n) is 5.78. The van der Waals surface area contributed by atoms with Crippen LogP contribution < -0.4 is 10.1 Å². The third-order valence-corrected chi connectivity index (χ3v) is 3.14. The Hall–Kier alpha value is -2.22. The van der Waals surface area contributed by atoms with Crippen LogP contribution in [0.15, 0.2) is 6.07 Å². The number of nitro groups is 2. The predicted molar refractivity (Wildman–Crippen MR) is 66.6 cm³/mol. The highest BCUT2D eigenvalue weighted by atomic mass is 16.6. The fourth-order valence-electron chi connectivity index (χ4n) is 2.32. The minimum atomic E-state index is -0.648. The van der Waals surface area contributed by atoms with Gasteiger partial charge >= 0.3 is 11.4 Å². The predicted octanol–water partition coefficient (Wildman–Crippen LogP) is 1.20. The molecule has 1 N–H and O–H groups in total. The van der Waals surface area contributed by atoms with Gasteiger partial charge in [-0.25, -0.2) is 0 Å². The van der Waals surface area contributed by atoms with Crippen molar-refractivity contribution >= 4 is 11.4 Å². The summed E-state index contributed by atoms with van der Waals surface area (Å²) in [5, 5.41) is 25.3. The maximum Gasteiger partial charge on any atom is 0.321 e. The molecule has 0 bridgehead atoms. The molecular formula is C11H13N3O5. The van der Waals surface area contributed by atoms with E-state index in [1.807, 2.05) is 0 Å². The molecule has 0 aromatic heterocycles. The fraction of sp³-hybridized carbons (Fsp3) is 0.455. The lowest BCUT2D eigenvalue weighted by Crippen LogP contribution is -2.16. The second-order valence-corrected chi connectivity index (χ2v) is 4.18. The topological polar surface area (TPSA) is 108 Å². The van der Waals surface area contributed by atoms with Gasteiger partial charge in [0.2, 0.25) is 0 Å². The van der Waals surface area contributed by atoms with Crippen molar-refractivity contribution in [3.63, 3.8) is 0 Å². The molecule has 0 radical (unpaired) electrons. The molecule has 0 spiro atoms. The van der Waals surface area contributed by atoms with Crippen molar-refractivity contribution in [1.29, 1.82) is 0 Å². The Morgan fingerprint density at radius 2 is 1.89 bits per heavy atom. The first-order chi connectivity index (χ1) is 9.06. The Labute approximate surface area is 108 Å². The van der Waals surface area contributed by atoms with Gasteiger partial charge < -0.3 is 10.1 Å². The molecule has 8 heteroatoms. The summed E-state index contributed by atoms with van der Waals surface area (Å²) in [4.78, 5) is 21.0. The molecule has 0 unspecified atom stereocenters. The van der Waals surface area contributed by atoms with Gasteiger partial charge in [0.25, 0.3) is 5.75 Å². The van der Waals surface area contributed by atoms with E-state index in [1.165, 1.54) is 13.2 Å². The second kappa shape index (κ2) is 5.19. The van der Waals surface area contributed by atoms with Crippen molar-refractivity contribution in [2.75, 3.05) is 20.2 Å². The van der Waals surface area contributed by atoms with E-state index in [0.717, 1.165) is 0 Å². The highest BCUT2D eigenvalue weighted by molar-refractivity contribution is 5.67. The fourth-order valence-corrected chi connectivity index (χ4v) is 2.32. The summed E-state index contributed by atoms with van der Waals surface area (Å²) in [6, 6.07) is 1.38. The summed E-state index contributed by atoms with van der Waals surface area (Å²) in [5.74, 6) is -0.268. The van der Waals surface area contributed by atoms with Gasteiger partial charge in [0, 0.05) is 11.6 Å². The summed E-state index contributed by atoms with van der Waals surface area (Å²) in [7, 11) is 1.21. The van der Waals surface area contributed by atoms with E-state index in [1.54, 1.807) is 0 Å². The summed E-state index contributed by atoms with van der Waals surface area (Å²) < 4.78 is 4.90. The summed E-state index contributed by atoms with van der Waals surface area (Å²) in [6.45, 7) is 1.25. The summed E-state index contributed by atoms with van der Waals surface area (Å²) in [6.07, 6.45) is 0.987. The molecule has 19 heavy (non-hydrogen) atoms. The molecule has 0 saturated heterocycles. The van der Waals surface area contributed by atoms with Gasteiger partial charge in [-0.1, -0.05) is 0 Å². The molecule has 0 aliphatic carbocycles. The van der Waals surface area contributed by atoms with E-state index < -0.39 is 9.85 Å². The minimum Gasteiger partial charge on any atom is -0.485 e. The molecule has 0 fully saturated rings. The van der Waals surface area contributed by atoms with Crippen LogP contribution in [0.1, 0.15) is 11.1 Å². The second-order valence-electron chi connectivity index (χ2n) is 4.18. The maximum absolute atomic E-state index is 11.2. The first kappa shape index (κ1) is 13.2. The number of benzene rings is 1. The highest BCUT2D eigenvalue weighted by Gasteiger charge is 2.33. The normalized spacial score (nSPS) is 14.4. The van der Waals surface area contributed by atoms with Crippen molar-refractivity contribution in [2.45, 2.75) is 12.8 Å². The zero-order chi connectivity index (χ0) is 14.0. The zero-order valence-corrected chi connectivity index (χ0v) is 10.3. The van der Waals surface area contributed by atoms with Gasteiger partial charge in [0.1, 0.15) is 0 Å². The molecule has 1 heterocycles. The third kappa shape index (κ3) is 2.34. The number of rotatable bonds is 3. The molecule has 0 amide bonds. The molecule has 1 aliphatic heterocycles. The number of nitro benzene ring substituents is 2. The number of ether oxygens (including phenoxy) is 1. The Bertz CT molecular complexity index is 544. The Kier molecular flexibility index (Phi) is 3.61. The van der Waals surface area contributed by atoms with E-state index in [-0.39, 0.29) is 17.1 Å². The molecule has 0 atom stereocenters. The van der Waals surface area contributed by atoms with Gasteiger partial charge in [0.15, 0.2) is 0 Å². The van der Waals surface area contributed by atoms with Crippen LogP contribution >= 0.6 is 0 Å². The van der Waals surface area contributed by atoms with Crippen molar-refractivity contribution in [1.82, 2.24) is 5.32 Å². The zero-order valence-electron chi connectivity index (χ0n) is 10.3. The third-order valence-electron chi connectivity index (χ3n) is 3.14. The Balaban J connectivity index is 2.74. The van der Waals surface area contributed by atoms with Gasteiger partial charge in [-0.2, -0.15) is 0 Å². The van der Waals surface area contributed by atoms with Crippen molar-refractivity contribution in [2.24, 2.45) is 0 Å². The van der Waals surface area contributed by atoms with Gasteiger partial charge in [0.05, 0.1) is 17.0 Å². The summed E-state index contributed by atoms with van der Waals surface area (Å²) >= 11 is 0. The average molecular weight is 267 g/mol. The van der Waals surface area contributed by atoms with Crippen LogP contribution in [0.5, 0.6) is 5.75 Å². The molecule has 1 aliphatic rings. The summed E-state index contributed by atoms with van der Waals surface area (Å²) in [5.41, 5.74) is 0.534. The molecule has 0 saturated carbocycles. The van der Waals surface area contributed by atoms with E-state index in [9.17, 15) is 20.2 Å². The van der Waals surface area contributed by atoms with Crippen molar-refractivity contribution in [3.8, 4) is 5.75 Å². The number of nitrogens with one attached hydrogen (secondary N) is 1. The lowest BCUT2D eigenvalue weighted by molar-refractivity contribution is -0.396. The SMILES string of the molecule is COc1c([N+](=O)[O-])cc2c(c1[N+](=O)[O-])CCNCC2. The molecule has 1 aromatic rings. The van der Waals surface area contributed by atoms with Crippen LogP contribution in [0, 0.1) is 20.2 Å². The number of fused-ring (bicyclic) bond motifs is 1.